The zero-order valence-corrected chi connectivity index (χ0v) is 20.7. The zero-order valence-electron chi connectivity index (χ0n) is 20.7. The highest BCUT2D eigenvalue weighted by Gasteiger charge is 2.28. The SMILES string of the molecule is C[C@H]1COCCN1c1nc(N2CCOC[C@@H]2C)c2ccc(C3=CCC(CNc4cc[nH]n4)O3)nc2n1. The minimum absolute atomic E-state index is 0.0223. The molecular formula is C25H32N8O3. The van der Waals surface area contributed by atoms with Gasteiger partial charge in [-0.15, -0.1) is 0 Å². The number of ether oxygens (including phenoxy) is 3. The van der Waals surface area contributed by atoms with E-state index in [1.807, 2.05) is 12.1 Å². The molecule has 3 atom stereocenters. The summed E-state index contributed by atoms with van der Waals surface area (Å²) in [4.78, 5) is 19.5. The Balaban J connectivity index is 1.30. The molecule has 11 heteroatoms. The minimum Gasteiger partial charge on any atom is -0.486 e. The normalized spacial score (nSPS) is 24.6. The van der Waals surface area contributed by atoms with Crippen LogP contribution >= 0.6 is 0 Å². The Morgan fingerprint density at radius 1 is 1.00 bits per heavy atom. The predicted molar refractivity (Wildman–Crippen MR) is 137 cm³/mol. The number of nitrogens with zero attached hydrogens (tertiary/aromatic N) is 6. The van der Waals surface area contributed by atoms with E-state index < -0.39 is 0 Å². The molecule has 190 valence electrons. The summed E-state index contributed by atoms with van der Waals surface area (Å²) >= 11 is 0. The van der Waals surface area contributed by atoms with Crippen molar-refractivity contribution < 1.29 is 14.2 Å². The standard InChI is InChI=1S/C25H32N8O3/c1-16-14-34-11-9-32(16)24-19-4-5-20(21-6-3-18(36-21)13-26-22-7-8-27-31-22)28-23(19)29-25(30-24)33-10-12-35-15-17(33)2/h4-8,16-18H,3,9-15H2,1-2H3,(H2,26,27,31)/t16-,17-,18?/m0/s1. The van der Waals surface area contributed by atoms with Crippen LogP contribution < -0.4 is 15.1 Å². The van der Waals surface area contributed by atoms with E-state index in [0.29, 0.717) is 44.6 Å². The first kappa shape index (κ1) is 23.0. The lowest BCUT2D eigenvalue weighted by molar-refractivity contribution is 0.0973. The highest BCUT2D eigenvalue weighted by molar-refractivity contribution is 5.89. The third-order valence-corrected chi connectivity index (χ3v) is 6.92. The summed E-state index contributed by atoms with van der Waals surface area (Å²) in [6, 6.07) is 6.38. The molecule has 3 aromatic rings. The summed E-state index contributed by atoms with van der Waals surface area (Å²) in [5.74, 6) is 3.19. The molecule has 6 heterocycles. The Kier molecular flexibility index (Phi) is 6.32. The Morgan fingerprint density at radius 2 is 1.81 bits per heavy atom. The molecule has 0 saturated carbocycles. The van der Waals surface area contributed by atoms with Crippen molar-refractivity contribution in [3.05, 3.63) is 36.2 Å². The second-order valence-corrected chi connectivity index (χ2v) is 9.53. The van der Waals surface area contributed by atoms with Gasteiger partial charge in [-0.2, -0.15) is 15.1 Å². The molecule has 11 nitrogen and oxygen atoms in total. The molecule has 3 aromatic heterocycles. The number of nitrogens with one attached hydrogen (secondary N) is 2. The number of rotatable bonds is 6. The van der Waals surface area contributed by atoms with E-state index in [9.17, 15) is 0 Å². The van der Waals surface area contributed by atoms with Crippen molar-refractivity contribution in [3.8, 4) is 0 Å². The van der Waals surface area contributed by atoms with Crippen molar-refractivity contribution in [2.24, 2.45) is 0 Å². The molecule has 2 saturated heterocycles. The highest BCUT2D eigenvalue weighted by Crippen LogP contribution is 2.32. The molecule has 1 unspecified atom stereocenters. The molecular weight excluding hydrogens is 460 g/mol. The van der Waals surface area contributed by atoms with Crippen LogP contribution in [0.1, 0.15) is 26.0 Å². The number of hydrogen-bond acceptors (Lipinski definition) is 10. The topological polar surface area (TPSA) is 114 Å². The van der Waals surface area contributed by atoms with Gasteiger partial charge in [-0.25, -0.2) is 4.98 Å². The fourth-order valence-corrected chi connectivity index (χ4v) is 4.91. The number of fused-ring (bicyclic) bond motifs is 1. The van der Waals surface area contributed by atoms with Crippen LogP contribution in [0.4, 0.5) is 17.6 Å². The molecule has 2 N–H and O–H groups in total. The summed E-state index contributed by atoms with van der Waals surface area (Å²) < 4.78 is 17.6. The lowest BCUT2D eigenvalue weighted by Gasteiger charge is -2.37. The Bertz CT molecular complexity index is 1230. The first-order valence-electron chi connectivity index (χ1n) is 12.6. The monoisotopic (exact) mass is 492 g/mol. The average Bonchev–Trinajstić information content (AvgIpc) is 3.60. The van der Waals surface area contributed by atoms with Crippen molar-refractivity contribution in [1.82, 2.24) is 25.1 Å². The first-order chi connectivity index (χ1) is 17.7. The molecule has 2 fully saturated rings. The summed E-state index contributed by atoms with van der Waals surface area (Å²) in [6.45, 7) is 9.19. The van der Waals surface area contributed by atoms with Crippen LogP contribution in [0, 0.1) is 0 Å². The van der Waals surface area contributed by atoms with Crippen molar-refractivity contribution in [3.63, 3.8) is 0 Å². The number of aromatic amines is 1. The van der Waals surface area contributed by atoms with Gasteiger partial charge in [-0.1, -0.05) is 0 Å². The fourth-order valence-electron chi connectivity index (χ4n) is 4.91. The van der Waals surface area contributed by atoms with E-state index in [4.69, 9.17) is 29.2 Å². The van der Waals surface area contributed by atoms with Crippen molar-refractivity contribution >= 4 is 34.4 Å². The van der Waals surface area contributed by atoms with Crippen molar-refractivity contribution in [2.45, 2.75) is 38.5 Å². The first-order valence-corrected chi connectivity index (χ1v) is 12.6. The number of aromatic nitrogens is 5. The molecule has 0 spiro atoms. The van der Waals surface area contributed by atoms with E-state index >= 15 is 0 Å². The fraction of sp³-hybridized carbons (Fsp3) is 0.520. The van der Waals surface area contributed by atoms with Gasteiger partial charge in [0.25, 0.3) is 0 Å². The lowest BCUT2D eigenvalue weighted by atomic mass is 10.2. The van der Waals surface area contributed by atoms with Gasteiger partial charge in [-0.3, -0.25) is 5.10 Å². The summed E-state index contributed by atoms with van der Waals surface area (Å²) in [7, 11) is 0. The van der Waals surface area contributed by atoms with Crippen LogP contribution in [-0.4, -0.2) is 89.4 Å². The molecule has 36 heavy (non-hydrogen) atoms. The maximum absolute atomic E-state index is 6.22. The second kappa shape index (κ2) is 9.90. The van der Waals surface area contributed by atoms with Crippen LogP contribution in [-0.2, 0) is 14.2 Å². The molecule has 0 aliphatic carbocycles. The molecule has 6 rings (SSSR count). The molecule has 0 radical (unpaired) electrons. The molecule has 0 bridgehead atoms. The molecule has 3 aliphatic heterocycles. The van der Waals surface area contributed by atoms with Crippen molar-refractivity contribution in [1.29, 1.82) is 0 Å². The van der Waals surface area contributed by atoms with Crippen LogP contribution in [0.3, 0.4) is 0 Å². The Hall–Kier alpha value is -3.44. The summed E-state index contributed by atoms with van der Waals surface area (Å²) in [6.07, 6.45) is 4.72. The maximum Gasteiger partial charge on any atom is 0.229 e. The van der Waals surface area contributed by atoms with Gasteiger partial charge in [-0.05, 0) is 38.1 Å². The third-order valence-electron chi connectivity index (χ3n) is 6.92. The van der Waals surface area contributed by atoms with Gasteiger partial charge in [0.05, 0.1) is 50.4 Å². The number of anilines is 3. The average molecular weight is 493 g/mol. The van der Waals surface area contributed by atoms with E-state index in [0.717, 1.165) is 48.0 Å². The van der Waals surface area contributed by atoms with Gasteiger partial charge >= 0.3 is 0 Å². The second-order valence-electron chi connectivity index (χ2n) is 9.53. The predicted octanol–water partition coefficient (Wildman–Crippen LogP) is 2.44. The van der Waals surface area contributed by atoms with Crippen LogP contribution in [0.2, 0.25) is 0 Å². The molecule has 0 aromatic carbocycles. The number of morpholine rings is 2. The van der Waals surface area contributed by atoms with Crippen molar-refractivity contribution in [2.75, 3.05) is 61.2 Å². The van der Waals surface area contributed by atoms with Gasteiger partial charge in [0.2, 0.25) is 5.95 Å². The number of H-pyrrole nitrogens is 1. The Morgan fingerprint density at radius 3 is 2.56 bits per heavy atom. The summed E-state index contributed by atoms with van der Waals surface area (Å²) in [5, 5.41) is 11.2. The van der Waals surface area contributed by atoms with Crippen LogP contribution in [0.15, 0.2) is 30.5 Å². The molecule has 0 amide bonds. The largest absolute Gasteiger partial charge is 0.486 e. The van der Waals surface area contributed by atoms with E-state index in [-0.39, 0.29) is 18.2 Å². The van der Waals surface area contributed by atoms with Gasteiger partial charge < -0.3 is 29.3 Å². The third kappa shape index (κ3) is 4.56. The highest BCUT2D eigenvalue weighted by atomic mass is 16.5. The smallest absolute Gasteiger partial charge is 0.229 e. The van der Waals surface area contributed by atoms with Crippen LogP contribution in [0.5, 0.6) is 0 Å². The van der Waals surface area contributed by atoms with E-state index in [1.165, 1.54) is 0 Å². The minimum atomic E-state index is 0.0223. The summed E-state index contributed by atoms with van der Waals surface area (Å²) in [5.41, 5.74) is 1.46. The van der Waals surface area contributed by atoms with Gasteiger partial charge in [0, 0.05) is 25.7 Å². The van der Waals surface area contributed by atoms with Crippen LogP contribution in [0.25, 0.3) is 16.8 Å². The molecule has 3 aliphatic rings. The Labute approximate surface area is 209 Å². The van der Waals surface area contributed by atoms with Gasteiger partial charge in [0.1, 0.15) is 29.2 Å². The quantitative estimate of drug-likeness (QED) is 0.532. The van der Waals surface area contributed by atoms with E-state index in [2.05, 4.69) is 51.3 Å². The number of hydrogen-bond donors (Lipinski definition) is 2. The zero-order chi connectivity index (χ0) is 24.5. The number of pyridine rings is 1. The lowest BCUT2D eigenvalue weighted by Crippen LogP contribution is -2.46. The van der Waals surface area contributed by atoms with E-state index in [1.54, 1.807) is 6.20 Å². The van der Waals surface area contributed by atoms with Gasteiger partial charge in [0.15, 0.2) is 5.65 Å². The maximum atomic E-state index is 6.22.